The molecule has 156 valence electrons. The molecule has 2 aromatic carbocycles. The summed E-state index contributed by atoms with van der Waals surface area (Å²) >= 11 is 0. The van der Waals surface area contributed by atoms with Crippen LogP contribution in [0.15, 0.2) is 91.4 Å². The van der Waals surface area contributed by atoms with Crippen molar-refractivity contribution in [1.29, 1.82) is 0 Å². The minimum Gasteiger partial charge on any atom is -0.462 e. The van der Waals surface area contributed by atoms with Crippen molar-refractivity contribution in [2.24, 2.45) is 0 Å². The number of benzene rings is 2. The van der Waals surface area contributed by atoms with E-state index in [0.717, 1.165) is 21.9 Å². The summed E-state index contributed by atoms with van der Waals surface area (Å²) in [5.74, 6) is -0.604. The van der Waals surface area contributed by atoms with Crippen molar-refractivity contribution < 1.29 is 14.3 Å². The number of hydrogen-bond acceptors (Lipinski definition) is 4. The molecule has 5 aromatic rings. The number of nitrogens with zero attached hydrogens (tertiary/aromatic N) is 2. The van der Waals surface area contributed by atoms with Gasteiger partial charge in [0.1, 0.15) is 0 Å². The molecule has 0 spiro atoms. The van der Waals surface area contributed by atoms with Gasteiger partial charge in [-0.2, -0.15) is 0 Å². The van der Waals surface area contributed by atoms with E-state index < -0.39 is 5.97 Å². The summed E-state index contributed by atoms with van der Waals surface area (Å²) in [7, 11) is 0. The van der Waals surface area contributed by atoms with Crippen molar-refractivity contribution in [1.82, 2.24) is 9.38 Å². The Morgan fingerprint density at radius 3 is 2.44 bits per heavy atom. The Hall–Kier alpha value is -4.25. The summed E-state index contributed by atoms with van der Waals surface area (Å²) < 4.78 is 7.02. The second-order valence-electron chi connectivity index (χ2n) is 7.46. The molecule has 5 nitrogen and oxygen atoms in total. The van der Waals surface area contributed by atoms with Crippen molar-refractivity contribution in [2.45, 2.75) is 6.92 Å². The first kappa shape index (κ1) is 19.7. The van der Waals surface area contributed by atoms with E-state index in [0.29, 0.717) is 22.3 Å². The number of aromatic nitrogens is 2. The Labute approximate surface area is 184 Å². The van der Waals surface area contributed by atoms with Crippen molar-refractivity contribution in [3.8, 4) is 11.1 Å². The van der Waals surface area contributed by atoms with E-state index in [1.807, 2.05) is 72.9 Å². The molecule has 32 heavy (non-hydrogen) atoms. The Balaban J connectivity index is 1.66. The third-order valence-electron chi connectivity index (χ3n) is 5.52. The average molecular weight is 420 g/mol. The summed E-state index contributed by atoms with van der Waals surface area (Å²) in [6, 6.07) is 22.8. The average Bonchev–Trinajstić information content (AvgIpc) is 3.23. The number of rotatable bonds is 5. The van der Waals surface area contributed by atoms with E-state index in [9.17, 15) is 9.59 Å². The molecule has 3 heterocycles. The maximum Gasteiger partial charge on any atom is 0.340 e. The number of carbonyl (C=O) groups excluding carboxylic acids is 2. The minimum atomic E-state index is -0.450. The number of hydrogen-bond donors (Lipinski definition) is 0. The zero-order valence-corrected chi connectivity index (χ0v) is 17.5. The van der Waals surface area contributed by atoms with E-state index in [2.05, 4.69) is 4.98 Å². The molecule has 0 amide bonds. The third kappa shape index (κ3) is 3.44. The standard InChI is InChI=1S/C27H20N2O3/c1-2-32-27(31)23-17-25(26(30)22-8-7-18-5-3-4-6-20(18)15-22)29-14-11-21(16-24(23)29)19-9-12-28-13-10-19/h3-17H,2H2,1H3. The molecule has 0 aliphatic rings. The second kappa shape index (κ2) is 8.12. The van der Waals surface area contributed by atoms with E-state index in [-0.39, 0.29) is 12.4 Å². The van der Waals surface area contributed by atoms with Crippen molar-refractivity contribution in [2.75, 3.05) is 6.61 Å². The van der Waals surface area contributed by atoms with Gasteiger partial charge in [0.05, 0.1) is 23.4 Å². The number of ether oxygens (including phenoxy) is 1. The van der Waals surface area contributed by atoms with Gasteiger partial charge in [-0.05, 0) is 65.2 Å². The van der Waals surface area contributed by atoms with Crippen LogP contribution < -0.4 is 0 Å². The summed E-state index contributed by atoms with van der Waals surface area (Å²) in [6.45, 7) is 2.02. The SMILES string of the molecule is CCOC(=O)c1cc(C(=O)c2ccc3ccccc3c2)n2ccc(-c3ccncc3)cc12. The van der Waals surface area contributed by atoms with Gasteiger partial charge >= 0.3 is 5.97 Å². The van der Waals surface area contributed by atoms with Gasteiger partial charge < -0.3 is 9.14 Å². The highest BCUT2D eigenvalue weighted by molar-refractivity contribution is 6.12. The van der Waals surface area contributed by atoms with E-state index in [1.54, 1.807) is 29.8 Å². The first-order valence-electron chi connectivity index (χ1n) is 10.4. The molecule has 0 radical (unpaired) electrons. The fraction of sp³-hybridized carbons (Fsp3) is 0.0741. The Kier molecular flexibility index (Phi) is 5.00. The molecule has 0 aliphatic carbocycles. The molecule has 5 rings (SSSR count). The normalized spacial score (nSPS) is 11.0. The third-order valence-corrected chi connectivity index (χ3v) is 5.52. The Morgan fingerprint density at radius 1 is 0.875 bits per heavy atom. The fourth-order valence-electron chi connectivity index (χ4n) is 3.95. The molecule has 0 unspecified atom stereocenters. The molecule has 0 aliphatic heterocycles. The van der Waals surface area contributed by atoms with Gasteiger partial charge in [0, 0.05) is 24.2 Å². The van der Waals surface area contributed by atoms with Crippen LogP contribution in [-0.4, -0.2) is 27.7 Å². The van der Waals surface area contributed by atoms with Gasteiger partial charge in [-0.25, -0.2) is 4.79 Å². The van der Waals surface area contributed by atoms with Gasteiger partial charge in [0.15, 0.2) is 0 Å². The van der Waals surface area contributed by atoms with Gasteiger partial charge in [-0.15, -0.1) is 0 Å². The summed E-state index contributed by atoms with van der Waals surface area (Å²) in [4.78, 5) is 30.2. The van der Waals surface area contributed by atoms with E-state index in [4.69, 9.17) is 4.74 Å². The van der Waals surface area contributed by atoms with Crippen LogP contribution in [-0.2, 0) is 4.74 Å². The zero-order chi connectivity index (χ0) is 22.1. The van der Waals surface area contributed by atoms with Crippen molar-refractivity contribution in [3.05, 3.63) is 108 Å². The van der Waals surface area contributed by atoms with Crippen LogP contribution in [0.5, 0.6) is 0 Å². The number of ketones is 1. The molecular formula is C27H20N2O3. The largest absolute Gasteiger partial charge is 0.462 e. The van der Waals surface area contributed by atoms with E-state index in [1.165, 1.54) is 0 Å². The lowest BCUT2D eigenvalue weighted by molar-refractivity contribution is 0.0529. The second-order valence-corrected chi connectivity index (χ2v) is 7.46. The fourth-order valence-corrected chi connectivity index (χ4v) is 3.95. The molecule has 0 fully saturated rings. The lowest BCUT2D eigenvalue weighted by Crippen LogP contribution is -2.05. The monoisotopic (exact) mass is 420 g/mol. The maximum absolute atomic E-state index is 13.5. The number of fused-ring (bicyclic) bond motifs is 2. The number of pyridine rings is 2. The van der Waals surface area contributed by atoms with Gasteiger partial charge in [-0.1, -0.05) is 36.4 Å². The molecule has 3 aromatic heterocycles. The predicted molar refractivity (Wildman–Crippen MR) is 124 cm³/mol. The van der Waals surface area contributed by atoms with Crippen LogP contribution in [0.2, 0.25) is 0 Å². The molecule has 0 bridgehead atoms. The van der Waals surface area contributed by atoms with E-state index >= 15 is 0 Å². The smallest absolute Gasteiger partial charge is 0.340 e. The first-order valence-corrected chi connectivity index (χ1v) is 10.4. The maximum atomic E-state index is 13.5. The van der Waals surface area contributed by atoms with Crippen LogP contribution in [0.3, 0.4) is 0 Å². The van der Waals surface area contributed by atoms with Crippen LogP contribution in [0, 0.1) is 0 Å². The lowest BCUT2D eigenvalue weighted by Gasteiger charge is -2.07. The highest BCUT2D eigenvalue weighted by Crippen LogP contribution is 2.27. The quantitative estimate of drug-likeness (QED) is 0.276. The first-order chi connectivity index (χ1) is 15.7. The van der Waals surface area contributed by atoms with Crippen LogP contribution in [0.25, 0.3) is 27.4 Å². The molecule has 0 saturated carbocycles. The van der Waals surface area contributed by atoms with Gasteiger partial charge in [0.25, 0.3) is 0 Å². The molecular weight excluding hydrogens is 400 g/mol. The summed E-state index contributed by atoms with van der Waals surface area (Å²) in [5.41, 5.74) is 3.87. The van der Waals surface area contributed by atoms with Crippen LogP contribution in [0.4, 0.5) is 0 Å². The highest BCUT2D eigenvalue weighted by atomic mass is 16.5. The number of carbonyl (C=O) groups is 2. The van der Waals surface area contributed by atoms with Crippen molar-refractivity contribution >= 4 is 28.0 Å². The minimum absolute atomic E-state index is 0.155. The zero-order valence-electron chi connectivity index (χ0n) is 17.5. The van der Waals surface area contributed by atoms with Crippen LogP contribution in [0.1, 0.15) is 33.3 Å². The predicted octanol–water partition coefficient (Wildman–Crippen LogP) is 5.56. The van der Waals surface area contributed by atoms with Crippen LogP contribution >= 0.6 is 0 Å². The van der Waals surface area contributed by atoms with Gasteiger partial charge in [0.2, 0.25) is 5.78 Å². The molecule has 0 saturated heterocycles. The topological polar surface area (TPSA) is 60.7 Å². The number of esters is 1. The molecule has 0 N–H and O–H groups in total. The Morgan fingerprint density at radius 2 is 1.66 bits per heavy atom. The summed E-state index contributed by atoms with van der Waals surface area (Å²) in [5, 5.41) is 2.06. The Bertz CT molecular complexity index is 1470. The van der Waals surface area contributed by atoms with Crippen molar-refractivity contribution in [3.63, 3.8) is 0 Å². The summed E-state index contributed by atoms with van der Waals surface area (Å²) in [6.07, 6.45) is 5.26. The molecule has 5 heteroatoms. The highest BCUT2D eigenvalue weighted by Gasteiger charge is 2.22. The molecule has 0 atom stereocenters. The lowest BCUT2D eigenvalue weighted by atomic mass is 10.0. The van der Waals surface area contributed by atoms with Gasteiger partial charge in [-0.3, -0.25) is 9.78 Å².